The summed E-state index contributed by atoms with van der Waals surface area (Å²) in [6.45, 7) is 7.09. The molecule has 0 fully saturated rings. The average Bonchev–Trinajstić information content (AvgIpc) is 2.52. The van der Waals surface area contributed by atoms with Crippen molar-refractivity contribution in [2.45, 2.75) is 32.7 Å². The molecule has 2 rings (SSSR count). The van der Waals surface area contributed by atoms with Crippen molar-refractivity contribution in [3.8, 4) is 5.75 Å². The van der Waals surface area contributed by atoms with Crippen molar-refractivity contribution in [1.82, 2.24) is 5.32 Å². The molecule has 0 aliphatic heterocycles. The molecule has 0 amide bonds. The fourth-order valence-electron chi connectivity index (χ4n) is 2.16. The molecule has 0 unspecified atom stereocenters. The Kier molecular flexibility index (Phi) is 6.29. The van der Waals surface area contributed by atoms with Gasteiger partial charge in [-0.1, -0.05) is 56.3 Å². The second kappa shape index (κ2) is 8.48. The number of para-hydroxylation sites is 1. The molecule has 0 aromatic heterocycles. The van der Waals surface area contributed by atoms with Gasteiger partial charge in [0.1, 0.15) is 5.75 Å². The predicted molar refractivity (Wildman–Crippen MR) is 88.8 cm³/mol. The number of ether oxygens (including phenoxy) is 1. The first-order chi connectivity index (χ1) is 10.3. The molecule has 0 aliphatic carbocycles. The van der Waals surface area contributed by atoms with E-state index >= 15 is 0 Å². The summed E-state index contributed by atoms with van der Waals surface area (Å²) < 4.78 is 5.66. The van der Waals surface area contributed by atoms with Crippen LogP contribution in [-0.4, -0.2) is 13.2 Å². The lowest BCUT2D eigenvalue weighted by Crippen LogP contribution is -2.17. The summed E-state index contributed by atoms with van der Waals surface area (Å²) in [5.74, 6) is 1.55. The molecule has 1 N–H and O–H groups in total. The van der Waals surface area contributed by atoms with Crippen LogP contribution in [-0.2, 0) is 6.54 Å². The highest BCUT2D eigenvalue weighted by Gasteiger charge is 1.99. The molecule has 0 spiro atoms. The van der Waals surface area contributed by atoms with Crippen LogP contribution in [0.3, 0.4) is 0 Å². The monoisotopic (exact) mass is 283 g/mol. The van der Waals surface area contributed by atoms with E-state index in [1.807, 2.05) is 30.3 Å². The number of hydrogen-bond acceptors (Lipinski definition) is 2. The van der Waals surface area contributed by atoms with Crippen LogP contribution >= 0.6 is 0 Å². The number of nitrogens with one attached hydrogen (secondary N) is 1. The van der Waals surface area contributed by atoms with Crippen molar-refractivity contribution in [2.24, 2.45) is 0 Å². The van der Waals surface area contributed by atoms with Gasteiger partial charge < -0.3 is 10.1 Å². The van der Waals surface area contributed by atoms with Crippen molar-refractivity contribution in [3.05, 3.63) is 65.7 Å². The lowest BCUT2D eigenvalue weighted by molar-refractivity contribution is 0.308. The topological polar surface area (TPSA) is 21.3 Å². The summed E-state index contributed by atoms with van der Waals surface area (Å²) in [5, 5.41) is 3.46. The fourth-order valence-corrected chi connectivity index (χ4v) is 2.16. The number of benzene rings is 2. The Hall–Kier alpha value is -1.80. The van der Waals surface area contributed by atoms with Crippen LogP contribution in [0.4, 0.5) is 0 Å². The summed E-state index contributed by atoms with van der Waals surface area (Å²) in [6.07, 6.45) is 1.01. The lowest BCUT2D eigenvalue weighted by atomic mass is 10.0. The molecule has 2 heteroatoms. The Bertz CT molecular complexity index is 505. The van der Waals surface area contributed by atoms with Gasteiger partial charge in [-0.25, -0.2) is 0 Å². The van der Waals surface area contributed by atoms with E-state index < -0.39 is 0 Å². The first-order valence-corrected chi connectivity index (χ1v) is 7.73. The molecule has 2 nitrogen and oxygen atoms in total. The second-order valence-corrected chi connectivity index (χ2v) is 5.59. The maximum Gasteiger partial charge on any atom is 0.119 e. The molecule has 0 saturated heterocycles. The highest BCUT2D eigenvalue weighted by atomic mass is 16.5. The maximum atomic E-state index is 5.66. The minimum atomic E-state index is 0.599. The summed E-state index contributed by atoms with van der Waals surface area (Å²) in [6, 6.07) is 18.8. The third kappa shape index (κ3) is 5.60. The van der Waals surface area contributed by atoms with E-state index in [9.17, 15) is 0 Å². The Morgan fingerprint density at radius 2 is 1.67 bits per heavy atom. The van der Waals surface area contributed by atoms with Crippen molar-refractivity contribution >= 4 is 0 Å². The van der Waals surface area contributed by atoms with Gasteiger partial charge in [0.25, 0.3) is 0 Å². The van der Waals surface area contributed by atoms with Gasteiger partial charge >= 0.3 is 0 Å². The molecule has 0 radical (unpaired) electrons. The van der Waals surface area contributed by atoms with Crippen LogP contribution in [0.2, 0.25) is 0 Å². The minimum Gasteiger partial charge on any atom is -0.494 e. The van der Waals surface area contributed by atoms with E-state index in [1.165, 1.54) is 11.1 Å². The Labute approximate surface area is 128 Å². The van der Waals surface area contributed by atoms with Crippen molar-refractivity contribution in [1.29, 1.82) is 0 Å². The largest absolute Gasteiger partial charge is 0.494 e. The zero-order chi connectivity index (χ0) is 14.9. The van der Waals surface area contributed by atoms with Gasteiger partial charge in [-0.2, -0.15) is 0 Å². The fraction of sp³-hybridized carbons (Fsp3) is 0.368. The van der Waals surface area contributed by atoms with Crippen LogP contribution in [0.15, 0.2) is 54.6 Å². The highest BCUT2D eigenvalue weighted by molar-refractivity contribution is 5.24. The van der Waals surface area contributed by atoms with E-state index in [0.29, 0.717) is 5.92 Å². The average molecular weight is 283 g/mol. The van der Waals surface area contributed by atoms with E-state index in [1.54, 1.807) is 0 Å². The van der Waals surface area contributed by atoms with Crippen LogP contribution in [0.5, 0.6) is 5.75 Å². The SMILES string of the molecule is CC(C)c1ccc(CNCCCOc2ccccc2)cc1. The molecule has 2 aromatic rings. The zero-order valence-electron chi connectivity index (χ0n) is 13.0. The summed E-state index contributed by atoms with van der Waals surface area (Å²) in [4.78, 5) is 0. The van der Waals surface area contributed by atoms with Crippen molar-refractivity contribution in [3.63, 3.8) is 0 Å². The molecule has 0 saturated carbocycles. The van der Waals surface area contributed by atoms with Gasteiger partial charge in [-0.05, 0) is 42.1 Å². The van der Waals surface area contributed by atoms with Gasteiger partial charge in [-0.3, -0.25) is 0 Å². The first kappa shape index (κ1) is 15.6. The third-order valence-corrected chi connectivity index (χ3v) is 3.49. The second-order valence-electron chi connectivity index (χ2n) is 5.59. The molecule has 0 aliphatic rings. The van der Waals surface area contributed by atoms with Gasteiger partial charge in [0.15, 0.2) is 0 Å². The predicted octanol–water partition coefficient (Wildman–Crippen LogP) is 4.37. The first-order valence-electron chi connectivity index (χ1n) is 7.73. The smallest absolute Gasteiger partial charge is 0.119 e. The van der Waals surface area contributed by atoms with Crippen molar-refractivity contribution < 1.29 is 4.74 Å². The molecule has 0 heterocycles. The molecule has 112 valence electrons. The molecule has 0 atom stereocenters. The maximum absolute atomic E-state index is 5.66. The van der Waals surface area contributed by atoms with E-state index in [2.05, 4.69) is 43.4 Å². The van der Waals surface area contributed by atoms with Crippen molar-refractivity contribution in [2.75, 3.05) is 13.2 Å². The van der Waals surface area contributed by atoms with E-state index in [-0.39, 0.29) is 0 Å². The highest BCUT2D eigenvalue weighted by Crippen LogP contribution is 2.14. The Balaban J connectivity index is 1.59. The molecular formula is C19H25NO. The van der Waals surface area contributed by atoms with Gasteiger partial charge in [-0.15, -0.1) is 0 Å². The Morgan fingerprint density at radius 3 is 2.33 bits per heavy atom. The van der Waals surface area contributed by atoms with Crippen LogP contribution in [0, 0.1) is 0 Å². The summed E-state index contributed by atoms with van der Waals surface area (Å²) in [7, 11) is 0. The summed E-state index contributed by atoms with van der Waals surface area (Å²) in [5.41, 5.74) is 2.73. The molecule has 2 aromatic carbocycles. The van der Waals surface area contributed by atoms with Crippen LogP contribution in [0.1, 0.15) is 37.3 Å². The quantitative estimate of drug-likeness (QED) is 0.726. The van der Waals surface area contributed by atoms with Crippen LogP contribution < -0.4 is 10.1 Å². The number of rotatable bonds is 8. The Morgan fingerprint density at radius 1 is 0.952 bits per heavy atom. The van der Waals surface area contributed by atoms with Gasteiger partial charge in [0.2, 0.25) is 0 Å². The summed E-state index contributed by atoms with van der Waals surface area (Å²) >= 11 is 0. The van der Waals surface area contributed by atoms with Gasteiger partial charge in [0, 0.05) is 6.54 Å². The minimum absolute atomic E-state index is 0.599. The lowest BCUT2D eigenvalue weighted by Gasteiger charge is -2.09. The van der Waals surface area contributed by atoms with E-state index in [4.69, 9.17) is 4.74 Å². The standard InChI is InChI=1S/C19H25NO/c1-16(2)18-11-9-17(10-12-18)15-20-13-6-14-21-19-7-4-3-5-8-19/h3-5,7-12,16,20H,6,13-15H2,1-2H3. The molecule has 21 heavy (non-hydrogen) atoms. The molecular weight excluding hydrogens is 258 g/mol. The van der Waals surface area contributed by atoms with Gasteiger partial charge in [0.05, 0.1) is 6.61 Å². The third-order valence-electron chi connectivity index (χ3n) is 3.49. The van der Waals surface area contributed by atoms with Crippen LogP contribution in [0.25, 0.3) is 0 Å². The normalized spacial score (nSPS) is 10.8. The number of hydrogen-bond donors (Lipinski definition) is 1. The molecule has 0 bridgehead atoms. The zero-order valence-corrected chi connectivity index (χ0v) is 13.0. The van der Waals surface area contributed by atoms with E-state index in [0.717, 1.165) is 31.9 Å².